The Hall–Kier alpha value is -0.650. The minimum Gasteiger partial charge on any atom is -0.480 e. The van der Waals surface area contributed by atoms with Gasteiger partial charge in [0, 0.05) is 20.2 Å². The zero-order valence-electron chi connectivity index (χ0n) is 9.73. The first-order valence-corrected chi connectivity index (χ1v) is 5.11. The molecule has 0 atom stereocenters. The molecule has 0 unspecified atom stereocenters. The van der Waals surface area contributed by atoms with Crippen LogP contribution < -0.4 is 0 Å². The van der Waals surface area contributed by atoms with Crippen molar-refractivity contribution in [1.82, 2.24) is 4.90 Å². The molecule has 1 N–H and O–H groups in total. The molecule has 0 aliphatic carbocycles. The Morgan fingerprint density at radius 1 is 1.33 bits per heavy atom. The summed E-state index contributed by atoms with van der Waals surface area (Å²) in [5.41, 5.74) is 0. The first-order chi connectivity index (χ1) is 7.06. The van der Waals surface area contributed by atoms with Crippen LogP contribution >= 0.6 is 0 Å². The third kappa shape index (κ3) is 9.65. The van der Waals surface area contributed by atoms with Crippen molar-refractivity contribution in [3.63, 3.8) is 0 Å². The number of aliphatic carboxylic acids is 1. The van der Waals surface area contributed by atoms with Gasteiger partial charge in [0.25, 0.3) is 0 Å². The minimum absolute atomic E-state index is 0.0326. The maximum Gasteiger partial charge on any atom is 0.317 e. The second-order valence-electron chi connectivity index (χ2n) is 3.58. The molecule has 5 heteroatoms. The van der Waals surface area contributed by atoms with Crippen LogP contribution in [0.4, 0.5) is 0 Å². The van der Waals surface area contributed by atoms with Crippen LogP contribution in [0.2, 0.25) is 0 Å². The molecule has 0 aromatic heterocycles. The Bertz CT molecular complexity index is 173. The van der Waals surface area contributed by atoms with E-state index in [-0.39, 0.29) is 12.6 Å². The van der Waals surface area contributed by atoms with Crippen molar-refractivity contribution in [3.8, 4) is 0 Å². The first-order valence-electron chi connectivity index (χ1n) is 5.11. The smallest absolute Gasteiger partial charge is 0.317 e. The highest BCUT2D eigenvalue weighted by Gasteiger charge is 2.09. The number of ether oxygens (including phenoxy) is 2. The van der Waals surface area contributed by atoms with E-state index < -0.39 is 5.97 Å². The second-order valence-corrected chi connectivity index (χ2v) is 3.58. The molecule has 0 rings (SSSR count). The first kappa shape index (κ1) is 14.3. The van der Waals surface area contributed by atoms with Gasteiger partial charge in [0.2, 0.25) is 0 Å². The third-order valence-corrected chi connectivity index (χ3v) is 1.83. The molecule has 0 saturated heterocycles. The van der Waals surface area contributed by atoms with E-state index in [9.17, 15) is 4.79 Å². The number of rotatable bonds is 9. The highest BCUT2D eigenvalue weighted by Crippen LogP contribution is 1.92. The summed E-state index contributed by atoms with van der Waals surface area (Å²) >= 11 is 0. The van der Waals surface area contributed by atoms with E-state index in [0.29, 0.717) is 26.3 Å². The van der Waals surface area contributed by atoms with Crippen LogP contribution in [-0.2, 0) is 14.3 Å². The summed E-state index contributed by atoms with van der Waals surface area (Å²) < 4.78 is 10.3. The average molecular weight is 219 g/mol. The van der Waals surface area contributed by atoms with Gasteiger partial charge < -0.3 is 14.6 Å². The minimum atomic E-state index is -0.823. The molecule has 0 heterocycles. The fourth-order valence-corrected chi connectivity index (χ4v) is 1.10. The highest BCUT2D eigenvalue weighted by molar-refractivity contribution is 5.69. The Balaban J connectivity index is 3.73. The summed E-state index contributed by atoms with van der Waals surface area (Å²) in [6.45, 7) is 6.26. The van der Waals surface area contributed by atoms with E-state index >= 15 is 0 Å². The number of hydrogen-bond donors (Lipinski definition) is 1. The van der Waals surface area contributed by atoms with Crippen LogP contribution in [0.5, 0.6) is 0 Å². The molecule has 0 amide bonds. The van der Waals surface area contributed by atoms with Crippen LogP contribution in [0.25, 0.3) is 0 Å². The number of carboxylic acids is 1. The van der Waals surface area contributed by atoms with Gasteiger partial charge in [-0.2, -0.15) is 0 Å². The predicted octanol–water partition coefficient (Wildman–Crippen LogP) is 0.444. The Morgan fingerprint density at radius 3 is 2.40 bits per heavy atom. The lowest BCUT2D eigenvalue weighted by Crippen LogP contribution is -2.35. The fourth-order valence-electron chi connectivity index (χ4n) is 1.10. The summed E-state index contributed by atoms with van der Waals surface area (Å²) in [5.74, 6) is -0.823. The lowest BCUT2D eigenvalue weighted by atomic mass is 10.4. The summed E-state index contributed by atoms with van der Waals surface area (Å²) in [5, 5.41) is 8.67. The molecule has 0 radical (unpaired) electrons. The zero-order valence-corrected chi connectivity index (χ0v) is 9.73. The van der Waals surface area contributed by atoms with Crippen LogP contribution in [-0.4, -0.2) is 62.0 Å². The van der Waals surface area contributed by atoms with Gasteiger partial charge in [-0.1, -0.05) is 0 Å². The molecule has 0 aliphatic heterocycles. The SMILES string of the molecule is COCCN(CCOC(C)C)CC(=O)O. The zero-order chi connectivity index (χ0) is 11.7. The summed E-state index contributed by atoms with van der Waals surface area (Å²) in [6, 6.07) is 0. The number of carbonyl (C=O) groups is 1. The van der Waals surface area contributed by atoms with Crippen molar-refractivity contribution in [3.05, 3.63) is 0 Å². The van der Waals surface area contributed by atoms with E-state index in [1.807, 2.05) is 13.8 Å². The average Bonchev–Trinajstić information content (AvgIpc) is 2.12. The number of nitrogens with zero attached hydrogens (tertiary/aromatic N) is 1. The van der Waals surface area contributed by atoms with Crippen LogP contribution in [0, 0.1) is 0 Å². The maximum absolute atomic E-state index is 10.5. The van der Waals surface area contributed by atoms with Crippen molar-refractivity contribution >= 4 is 5.97 Å². The van der Waals surface area contributed by atoms with Crippen molar-refractivity contribution in [2.75, 3.05) is 40.0 Å². The number of hydrogen-bond acceptors (Lipinski definition) is 4. The largest absolute Gasteiger partial charge is 0.480 e. The van der Waals surface area contributed by atoms with E-state index in [2.05, 4.69) is 0 Å². The lowest BCUT2D eigenvalue weighted by Gasteiger charge is -2.20. The van der Waals surface area contributed by atoms with Gasteiger partial charge in [-0.25, -0.2) is 0 Å². The molecule has 90 valence electrons. The summed E-state index contributed by atoms with van der Waals surface area (Å²) in [7, 11) is 1.60. The van der Waals surface area contributed by atoms with Crippen LogP contribution in [0.15, 0.2) is 0 Å². The van der Waals surface area contributed by atoms with Gasteiger partial charge in [0.05, 0.1) is 25.9 Å². The van der Waals surface area contributed by atoms with Crippen LogP contribution in [0.3, 0.4) is 0 Å². The Labute approximate surface area is 91.0 Å². The molecule has 0 aliphatic rings. The van der Waals surface area contributed by atoms with Gasteiger partial charge in [-0.3, -0.25) is 9.69 Å². The molecular formula is C10H21NO4. The topological polar surface area (TPSA) is 59.0 Å². The normalized spacial score (nSPS) is 11.3. The van der Waals surface area contributed by atoms with E-state index in [4.69, 9.17) is 14.6 Å². The molecule has 0 spiro atoms. The predicted molar refractivity (Wildman–Crippen MR) is 57.0 cm³/mol. The number of carboxylic acid groups (broad SMARTS) is 1. The van der Waals surface area contributed by atoms with Crippen molar-refractivity contribution in [2.24, 2.45) is 0 Å². The summed E-state index contributed by atoms with van der Waals surface area (Å²) in [6.07, 6.45) is 0.180. The maximum atomic E-state index is 10.5. The molecule has 0 saturated carbocycles. The Morgan fingerprint density at radius 2 is 1.93 bits per heavy atom. The fraction of sp³-hybridized carbons (Fsp3) is 0.900. The van der Waals surface area contributed by atoms with Gasteiger partial charge in [-0.05, 0) is 13.8 Å². The van der Waals surface area contributed by atoms with E-state index in [0.717, 1.165) is 0 Å². The molecular weight excluding hydrogens is 198 g/mol. The standard InChI is InChI=1S/C10H21NO4/c1-9(2)15-7-5-11(4-6-14-3)8-10(12)13/h9H,4-8H2,1-3H3,(H,12,13). The van der Waals surface area contributed by atoms with Gasteiger partial charge in [-0.15, -0.1) is 0 Å². The van der Waals surface area contributed by atoms with Crippen LogP contribution in [0.1, 0.15) is 13.8 Å². The van der Waals surface area contributed by atoms with Crippen molar-refractivity contribution in [1.29, 1.82) is 0 Å². The lowest BCUT2D eigenvalue weighted by molar-refractivity contribution is -0.138. The highest BCUT2D eigenvalue weighted by atomic mass is 16.5. The summed E-state index contributed by atoms with van der Waals surface area (Å²) in [4.78, 5) is 12.3. The second kappa shape index (κ2) is 8.64. The van der Waals surface area contributed by atoms with Gasteiger partial charge >= 0.3 is 5.97 Å². The van der Waals surface area contributed by atoms with Gasteiger partial charge in [0.15, 0.2) is 0 Å². The van der Waals surface area contributed by atoms with Crippen molar-refractivity contribution < 1.29 is 19.4 Å². The van der Waals surface area contributed by atoms with E-state index in [1.54, 1.807) is 12.0 Å². The molecule has 0 bridgehead atoms. The Kier molecular flexibility index (Phi) is 8.27. The molecule has 0 aromatic rings. The molecule has 5 nitrogen and oxygen atoms in total. The molecule has 0 aromatic carbocycles. The van der Waals surface area contributed by atoms with E-state index in [1.165, 1.54) is 0 Å². The number of methoxy groups -OCH3 is 1. The quantitative estimate of drug-likeness (QED) is 0.610. The molecule has 0 fully saturated rings. The molecule has 15 heavy (non-hydrogen) atoms. The van der Waals surface area contributed by atoms with Crippen molar-refractivity contribution in [2.45, 2.75) is 20.0 Å². The third-order valence-electron chi connectivity index (χ3n) is 1.83. The monoisotopic (exact) mass is 219 g/mol. The van der Waals surface area contributed by atoms with Gasteiger partial charge in [0.1, 0.15) is 0 Å².